The third-order valence-corrected chi connectivity index (χ3v) is 0.860. The van der Waals surface area contributed by atoms with Crippen LogP contribution in [0.1, 0.15) is 6.42 Å². The van der Waals surface area contributed by atoms with Crippen LogP contribution >= 0.6 is 0 Å². The third-order valence-electron chi connectivity index (χ3n) is 0.860. The molecule has 0 radical (unpaired) electrons. The fourth-order valence-corrected chi connectivity index (χ4v) is 0.371. The first-order valence-electron chi connectivity index (χ1n) is 3.01. The second-order valence-electron chi connectivity index (χ2n) is 1.70. The Morgan fingerprint density at radius 2 is 2.11 bits per heavy atom. The minimum Gasteiger partial charge on any atom is -0.367 e. The van der Waals surface area contributed by atoms with E-state index in [1.807, 2.05) is 0 Å². The number of hydrogen-bond acceptors (Lipinski definition) is 4. The summed E-state index contributed by atoms with van der Waals surface area (Å²) in [5, 5.41) is 8.70. The standard InChI is InChI=1S/C5H14N2O2/c6-2-1-3-9-5(8)4-7/h5,8H,1-4,6-7H2. The number of aliphatic hydroxyl groups is 1. The molecule has 0 spiro atoms. The molecule has 1 unspecified atom stereocenters. The maximum Gasteiger partial charge on any atom is 0.166 e. The molecule has 9 heavy (non-hydrogen) atoms. The lowest BCUT2D eigenvalue weighted by molar-refractivity contribution is -0.0913. The Morgan fingerprint density at radius 1 is 1.44 bits per heavy atom. The van der Waals surface area contributed by atoms with E-state index in [9.17, 15) is 0 Å². The van der Waals surface area contributed by atoms with Crippen molar-refractivity contribution in [3.8, 4) is 0 Å². The quantitative estimate of drug-likeness (QED) is 0.320. The van der Waals surface area contributed by atoms with Crippen molar-refractivity contribution in [3.05, 3.63) is 0 Å². The van der Waals surface area contributed by atoms with Gasteiger partial charge in [-0.05, 0) is 13.0 Å². The highest BCUT2D eigenvalue weighted by molar-refractivity contribution is 4.40. The topological polar surface area (TPSA) is 81.5 Å². The summed E-state index contributed by atoms with van der Waals surface area (Å²) in [5.74, 6) is 0. The Bertz CT molecular complexity index is 60.9. The van der Waals surface area contributed by atoms with Crippen LogP contribution in [0.25, 0.3) is 0 Å². The zero-order valence-corrected chi connectivity index (χ0v) is 5.42. The molecular weight excluding hydrogens is 120 g/mol. The van der Waals surface area contributed by atoms with Gasteiger partial charge in [0, 0.05) is 6.54 Å². The van der Waals surface area contributed by atoms with E-state index in [-0.39, 0.29) is 6.54 Å². The average molecular weight is 134 g/mol. The van der Waals surface area contributed by atoms with E-state index in [1.165, 1.54) is 0 Å². The lowest BCUT2D eigenvalue weighted by atomic mass is 10.5. The summed E-state index contributed by atoms with van der Waals surface area (Å²) in [6.07, 6.45) is -0.0617. The zero-order chi connectivity index (χ0) is 7.11. The molecule has 0 aliphatic carbocycles. The van der Waals surface area contributed by atoms with Crippen molar-refractivity contribution in [1.29, 1.82) is 0 Å². The molecule has 0 saturated heterocycles. The Labute approximate surface area is 54.8 Å². The molecule has 5 N–H and O–H groups in total. The van der Waals surface area contributed by atoms with Gasteiger partial charge in [0.1, 0.15) is 0 Å². The molecule has 0 bridgehead atoms. The van der Waals surface area contributed by atoms with Crippen LogP contribution in [-0.2, 0) is 4.74 Å². The number of nitrogens with two attached hydrogens (primary N) is 2. The van der Waals surface area contributed by atoms with Crippen molar-refractivity contribution in [1.82, 2.24) is 0 Å². The molecule has 0 aromatic heterocycles. The summed E-state index contributed by atoms with van der Waals surface area (Å²) in [6, 6.07) is 0. The highest BCUT2D eigenvalue weighted by Gasteiger charge is 1.97. The van der Waals surface area contributed by atoms with Crippen LogP contribution in [0.2, 0.25) is 0 Å². The molecule has 0 aromatic rings. The van der Waals surface area contributed by atoms with E-state index in [1.54, 1.807) is 0 Å². The van der Waals surface area contributed by atoms with Gasteiger partial charge >= 0.3 is 0 Å². The SMILES string of the molecule is NCCCOC(O)CN. The lowest BCUT2D eigenvalue weighted by Crippen LogP contribution is -2.23. The van der Waals surface area contributed by atoms with Crippen molar-refractivity contribution in [2.75, 3.05) is 19.7 Å². The van der Waals surface area contributed by atoms with Crippen LogP contribution in [0.4, 0.5) is 0 Å². The number of aliphatic hydroxyl groups excluding tert-OH is 1. The summed E-state index contributed by atoms with van der Waals surface area (Å²) in [5.41, 5.74) is 10.2. The molecule has 4 nitrogen and oxygen atoms in total. The van der Waals surface area contributed by atoms with Crippen LogP contribution in [0.3, 0.4) is 0 Å². The summed E-state index contributed by atoms with van der Waals surface area (Å²) in [6.45, 7) is 1.21. The minimum absolute atomic E-state index is 0.143. The molecule has 0 aliphatic rings. The maximum atomic E-state index is 8.70. The monoisotopic (exact) mass is 134 g/mol. The predicted molar refractivity (Wildman–Crippen MR) is 34.7 cm³/mol. The van der Waals surface area contributed by atoms with Crippen molar-refractivity contribution >= 4 is 0 Å². The second kappa shape index (κ2) is 5.97. The van der Waals surface area contributed by atoms with Crippen molar-refractivity contribution in [2.45, 2.75) is 12.7 Å². The molecule has 0 aromatic carbocycles. The van der Waals surface area contributed by atoms with Crippen LogP contribution in [0.15, 0.2) is 0 Å². The largest absolute Gasteiger partial charge is 0.367 e. The highest BCUT2D eigenvalue weighted by atomic mass is 16.6. The first-order valence-corrected chi connectivity index (χ1v) is 3.01. The summed E-state index contributed by atoms with van der Waals surface area (Å²) in [4.78, 5) is 0. The van der Waals surface area contributed by atoms with Gasteiger partial charge in [-0.2, -0.15) is 0 Å². The predicted octanol–water partition coefficient (Wildman–Crippen LogP) is -1.37. The van der Waals surface area contributed by atoms with Gasteiger partial charge in [-0.15, -0.1) is 0 Å². The van der Waals surface area contributed by atoms with Gasteiger partial charge in [0.2, 0.25) is 0 Å². The van der Waals surface area contributed by atoms with E-state index in [0.29, 0.717) is 13.2 Å². The number of ether oxygens (including phenoxy) is 1. The molecule has 4 heteroatoms. The Morgan fingerprint density at radius 3 is 2.56 bits per heavy atom. The molecule has 0 aliphatic heterocycles. The first-order chi connectivity index (χ1) is 4.31. The highest BCUT2D eigenvalue weighted by Crippen LogP contribution is 1.84. The van der Waals surface area contributed by atoms with Gasteiger partial charge in [0.25, 0.3) is 0 Å². The Balaban J connectivity index is 2.88. The fourth-order valence-electron chi connectivity index (χ4n) is 0.371. The van der Waals surface area contributed by atoms with Gasteiger partial charge in [0.05, 0.1) is 6.61 Å². The lowest BCUT2D eigenvalue weighted by Gasteiger charge is -2.07. The fraction of sp³-hybridized carbons (Fsp3) is 1.00. The molecule has 56 valence electrons. The first kappa shape index (κ1) is 8.84. The summed E-state index contributed by atoms with van der Waals surface area (Å²) < 4.78 is 4.78. The van der Waals surface area contributed by atoms with Crippen molar-refractivity contribution in [2.24, 2.45) is 11.5 Å². The van der Waals surface area contributed by atoms with Crippen LogP contribution in [-0.4, -0.2) is 31.1 Å². The van der Waals surface area contributed by atoms with E-state index in [0.717, 1.165) is 6.42 Å². The van der Waals surface area contributed by atoms with Gasteiger partial charge in [-0.25, -0.2) is 0 Å². The van der Waals surface area contributed by atoms with Crippen LogP contribution in [0.5, 0.6) is 0 Å². The minimum atomic E-state index is -0.823. The van der Waals surface area contributed by atoms with Gasteiger partial charge < -0.3 is 21.3 Å². The molecule has 1 atom stereocenters. The molecule has 0 saturated carbocycles. The van der Waals surface area contributed by atoms with E-state index >= 15 is 0 Å². The molecular formula is C5H14N2O2. The number of rotatable bonds is 5. The smallest absolute Gasteiger partial charge is 0.166 e. The Hall–Kier alpha value is -0.160. The van der Waals surface area contributed by atoms with Crippen LogP contribution in [0, 0.1) is 0 Å². The molecule has 0 fully saturated rings. The van der Waals surface area contributed by atoms with Gasteiger partial charge in [-0.3, -0.25) is 0 Å². The van der Waals surface area contributed by atoms with Crippen molar-refractivity contribution in [3.63, 3.8) is 0 Å². The third kappa shape index (κ3) is 5.72. The van der Waals surface area contributed by atoms with E-state index in [2.05, 4.69) is 0 Å². The van der Waals surface area contributed by atoms with Crippen LogP contribution < -0.4 is 11.5 Å². The normalized spacial score (nSPS) is 13.7. The summed E-state index contributed by atoms with van der Waals surface area (Å²) in [7, 11) is 0. The van der Waals surface area contributed by atoms with Crippen molar-refractivity contribution < 1.29 is 9.84 Å². The Kier molecular flexibility index (Phi) is 5.86. The maximum absolute atomic E-state index is 8.70. The molecule has 0 rings (SSSR count). The molecule has 0 heterocycles. The summed E-state index contributed by atoms with van der Waals surface area (Å²) >= 11 is 0. The van der Waals surface area contributed by atoms with E-state index in [4.69, 9.17) is 21.3 Å². The average Bonchev–Trinajstić information content (AvgIpc) is 1.89. The number of hydrogen-bond donors (Lipinski definition) is 3. The molecule has 0 amide bonds. The van der Waals surface area contributed by atoms with E-state index < -0.39 is 6.29 Å². The van der Waals surface area contributed by atoms with Gasteiger partial charge in [0.15, 0.2) is 6.29 Å². The zero-order valence-electron chi connectivity index (χ0n) is 5.42. The van der Waals surface area contributed by atoms with Gasteiger partial charge in [-0.1, -0.05) is 0 Å². The second-order valence-corrected chi connectivity index (χ2v) is 1.70.